The number of likely N-dealkylation sites (tertiary alicyclic amines) is 1. The van der Waals surface area contributed by atoms with E-state index in [0.717, 1.165) is 5.56 Å². The number of aromatic nitrogens is 6. The van der Waals surface area contributed by atoms with Gasteiger partial charge in [-0.3, -0.25) is 14.7 Å². The minimum Gasteiger partial charge on any atom is -0.462 e. The van der Waals surface area contributed by atoms with Crippen LogP contribution in [0.4, 0.5) is 5.69 Å². The number of aryl methyl sites for hydroxylation is 1. The van der Waals surface area contributed by atoms with Gasteiger partial charge in [0.05, 0.1) is 29.2 Å². The molecule has 5 rings (SSSR count). The van der Waals surface area contributed by atoms with Crippen LogP contribution >= 0.6 is 11.6 Å². The molecule has 1 amide bonds. The van der Waals surface area contributed by atoms with Gasteiger partial charge in [0.2, 0.25) is 5.88 Å². The summed E-state index contributed by atoms with van der Waals surface area (Å²) in [7, 11) is 0. The molecule has 0 aliphatic carbocycles. The lowest BCUT2D eigenvalue weighted by Gasteiger charge is -2.37. The summed E-state index contributed by atoms with van der Waals surface area (Å²) in [5, 5.41) is 17.8. The lowest BCUT2D eigenvalue weighted by atomic mass is 10.1. The van der Waals surface area contributed by atoms with E-state index in [9.17, 15) is 9.90 Å². The van der Waals surface area contributed by atoms with Crippen LogP contribution in [0, 0.1) is 6.92 Å². The first-order valence-electron chi connectivity index (χ1n) is 10.6. The summed E-state index contributed by atoms with van der Waals surface area (Å²) in [6.45, 7) is 3.10. The van der Waals surface area contributed by atoms with Crippen molar-refractivity contribution in [3.8, 4) is 11.7 Å². The molecule has 34 heavy (non-hydrogen) atoms. The maximum absolute atomic E-state index is 13.1. The predicted molar refractivity (Wildman–Crippen MR) is 124 cm³/mol. The fraction of sp³-hybridized carbons (Fsp3) is 0.273. The highest BCUT2D eigenvalue weighted by atomic mass is 35.5. The molecule has 1 saturated heterocycles. The molecule has 0 bridgehead atoms. The van der Waals surface area contributed by atoms with E-state index in [-0.39, 0.29) is 18.3 Å². The van der Waals surface area contributed by atoms with Crippen molar-refractivity contribution in [2.45, 2.75) is 19.1 Å². The standard InChI is InChI=1S/C22H21ClN8O3/c1-13-5-14(7-24-6-13)29-21(33)18(11-30-9-15(32)10-30)34-22-16-8-28-31(19(16)26-12-27-22)20-17(23)3-2-4-25-20/h2-8,12,15,18,32H,9-11H2,1H3,(H,29,33)/t18-/m0/s1. The van der Waals surface area contributed by atoms with E-state index >= 15 is 0 Å². The Balaban J connectivity index is 1.44. The van der Waals surface area contributed by atoms with E-state index in [2.05, 4.69) is 30.4 Å². The van der Waals surface area contributed by atoms with Crippen molar-refractivity contribution in [2.24, 2.45) is 0 Å². The minimum atomic E-state index is -0.909. The molecular formula is C22H21ClN8O3. The van der Waals surface area contributed by atoms with E-state index in [1.165, 1.54) is 11.0 Å². The minimum absolute atomic E-state index is 0.201. The monoisotopic (exact) mass is 480 g/mol. The third-order valence-electron chi connectivity index (χ3n) is 5.32. The predicted octanol–water partition coefficient (Wildman–Crippen LogP) is 1.63. The number of rotatable bonds is 7. The Morgan fingerprint density at radius 1 is 1.29 bits per heavy atom. The second kappa shape index (κ2) is 9.29. The van der Waals surface area contributed by atoms with E-state index in [1.54, 1.807) is 36.9 Å². The third kappa shape index (κ3) is 4.53. The van der Waals surface area contributed by atoms with Gasteiger partial charge in [0.25, 0.3) is 5.91 Å². The molecule has 4 aromatic rings. The van der Waals surface area contributed by atoms with Crippen LogP contribution in [0.5, 0.6) is 5.88 Å². The van der Waals surface area contributed by atoms with Crippen LogP contribution in [0.1, 0.15) is 5.56 Å². The van der Waals surface area contributed by atoms with E-state index in [1.807, 2.05) is 17.9 Å². The Bertz CT molecular complexity index is 1340. The second-order valence-electron chi connectivity index (χ2n) is 8.00. The maximum Gasteiger partial charge on any atom is 0.266 e. The van der Waals surface area contributed by atoms with Crippen LogP contribution in [-0.2, 0) is 4.79 Å². The third-order valence-corrected chi connectivity index (χ3v) is 5.61. The molecule has 1 aliphatic rings. The van der Waals surface area contributed by atoms with Crippen molar-refractivity contribution >= 4 is 34.2 Å². The van der Waals surface area contributed by atoms with Gasteiger partial charge in [-0.15, -0.1) is 0 Å². The smallest absolute Gasteiger partial charge is 0.266 e. The normalized spacial score (nSPS) is 15.1. The van der Waals surface area contributed by atoms with Crippen LogP contribution in [0.2, 0.25) is 5.02 Å². The molecule has 0 radical (unpaired) electrons. The Hall–Kier alpha value is -3.67. The van der Waals surface area contributed by atoms with Crippen molar-refractivity contribution in [3.05, 3.63) is 59.9 Å². The number of fused-ring (bicyclic) bond motifs is 1. The molecule has 1 aliphatic heterocycles. The van der Waals surface area contributed by atoms with E-state index < -0.39 is 12.2 Å². The number of halogens is 1. The van der Waals surface area contributed by atoms with Crippen molar-refractivity contribution in [3.63, 3.8) is 0 Å². The number of carbonyl (C=O) groups excluding carboxylic acids is 1. The summed E-state index contributed by atoms with van der Waals surface area (Å²) in [4.78, 5) is 32.0. The van der Waals surface area contributed by atoms with Crippen LogP contribution in [0.3, 0.4) is 0 Å². The SMILES string of the molecule is Cc1cncc(NC(=O)[C@H](CN2CC(O)C2)Oc2ncnc3c2cnn3-c2ncccc2Cl)c1. The molecule has 0 spiro atoms. The molecule has 0 saturated carbocycles. The van der Waals surface area contributed by atoms with Gasteiger partial charge in [0, 0.05) is 32.0 Å². The number of nitrogens with zero attached hydrogens (tertiary/aromatic N) is 7. The first-order valence-corrected chi connectivity index (χ1v) is 10.9. The second-order valence-corrected chi connectivity index (χ2v) is 8.41. The summed E-state index contributed by atoms with van der Waals surface area (Å²) in [5.74, 6) is 0.257. The molecule has 4 aromatic heterocycles. The first kappa shape index (κ1) is 22.1. The summed E-state index contributed by atoms with van der Waals surface area (Å²) < 4.78 is 7.59. The number of ether oxygens (including phenoxy) is 1. The fourth-order valence-corrected chi connectivity index (χ4v) is 3.89. The molecule has 2 N–H and O–H groups in total. The zero-order chi connectivity index (χ0) is 23.7. The summed E-state index contributed by atoms with van der Waals surface area (Å²) >= 11 is 6.28. The molecule has 1 fully saturated rings. The van der Waals surface area contributed by atoms with E-state index in [0.29, 0.717) is 40.7 Å². The number of amides is 1. The molecular weight excluding hydrogens is 460 g/mol. The molecule has 0 aromatic carbocycles. The fourth-order valence-electron chi connectivity index (χ4n) is 3.69. The topological polar surface area (TPSA) is 131 Å². The van der Waals surface area contributed by atoms with Crippen LogP contribution in [-0.4, -0.2) is 77.5 Å². The van der Waals surface area contributed by atoms with Gasteiger partial charge in [-0.05, 0) is 30.7 Å². The van der Waals surface area contributed by atoms with Crippen LogP contribution < -0.4 is 10.1 Å². The number of hydrogen-bond donors (Lipinski definition) is 2. The number of hydrogen-bond acceptors (Lipinski definition) is 9. The van der Waals surface area contributed by atoms with Gasteiger partial charge in [-0.2, -0.15) is 9.78 Å². The molecule has 1 atom stereocenters. The highest BCUT2D eigenvalue weighted by molar-refractivity contribution is 6.32. The Kier molecular flexibility index (Phi) is 6.05. The molecule has 5 heterocycles. The number of pyridine rings is 2. The average molecular weight is 481 g/mol. The first-order chi connectivity index (χ1) is 16.5. The Labute approximate surface area is 199 Å². The van der Waals surface area contributed by atoms with Gasteiger partial charge in [0.15, 0.2) is 17.6 Å². The van der Waals surface area contributed by atoms with Crippen molar-refractivity contribution in [1.29, 1.82) is 0 Å². The lowest BCUT2D eigenvalue weighted by Crippen LogP contribution is -2.55. The Morgan fingerprint density at radius 2 is 2.15 bits per heavy atom. The summed E-state index contributed by atoms with van der Waals surface area (Å²) in [5.41, 5.74) is 1.92. The van der Waals surface area contributed by atoms with Gasteiger partial charge >= 0.3 is 0 Å². The zero-order valence-corrected chi connectivity index (χ0v) is 18.9. The zero-order valence-electron chi connectivity index (χ0n) is 18.2. The molecule has 0 unspecified atom stereocenters. The summed E-state index contributed by atoms with van der Waals surface area (Å²) in [6, 6.07) is 5.25. The number of aliphatic hydroxyl groups excluding tert-OH is 1. The maximum atomic E-state index is 13.1. The summed E-state index contributed by atoms with van der Waals surface area (Å²) in [6.07, 6.45) is 6.44. The quantitative estimate of drug-likeness (QED) is 0.405. The number of anilines is 1. The van der Waals surface area contributed by atoms with Crippen LogP contribution in [0.25, 0.3) is 16.9 Å². The number of aliphatic hydroxyl groups is 1. The number of nitrogens with one attached hydrogen (secondary N) is 1. The van der Waals surface area contributed by atoms with Crippen molar-refractivity contribution in [2.75, 3.05) is 25.0 Å². The van der Waals surface area contributed by atoms with Gasteiger partial charge in [0.1, 0.15) is 11.7 Å². The van der Waals surface area contributed by atoms with E-state index in [4.69, 9.17) is 16.3 Å². The highest BCUT2D eigenvalue weighted by Crippen LogP contribution is 2.26. The van der Waals surface area contributed by atoms with Gasteiger partial charge in [-0.25, -0.2) is 15.0 Å². The largest absolute Gasteiger partial charge is 0.462 e. The van der Waals surface area contributed by atoms with Crippen molar-refractivity contribution in [1.82, 2.24) is 34.6 Å². The number of carbonyl (C=O) groups is 1. The lowest BCUT2D eigenvalue weighted by molar-refractivity contribution is -0.125. The molecule has 11 nitrogen and oxygen atoms in total. The van der Waals surface area contributed by atoms with Crippen LogP contribution in [0.15, 0.2) is 49.3 Å². The van der Waals surface area contributed by atoms with Crippen molar-refractivity contribution < 1.29 is 14.6 Å². The average Bonchev–Trinajstić information content (AvgIpc) is 3.22. The van der Waals surface area contributed by atoms with Gasteiger partial charge in [-0.1, -0.05) is 11.6 Å². The Morgan fingerprint density at radius 3 is 2.91 bits per heavy atom. The molecule has 12 heteroatoms. The molecule has 174 valence electrons. The highest BCUT2D eigenvalue weighted by Gasteiger charge is 2.32. The number of β-amino-alcohol motifs (C(OH)–C–C–N with tert-alkyl or cyclic N) is 1. The van der Waals surface area contributed by atoms with Gasteiger partial charge < -0.3 is 15.2 Å².